The van der Waals surface area contributed by atoms with Crippen LogP contribution in [-0.4, -0.2) is 74.3 Å². The normalized spacial score (nSPS) is 11.1. The maximum Gasteiger partial charge on any atom is 0.224 e. The minimum Gasteiger partial charge on any atom is -0.507 e. The maximum atomic E-state index is 12.2. The lowest BCUT2D eigenvalue weighted by atomic mass is 10.1. The number of carbonyl (C=O) groups excluding carboxylic acids is 1. The number of hydrogen-bond donors (Lipinski definition) is 8. The summed E-state index contributed by atoms with van der Waals surface area (Å²) in [6.45, 7) is 7.20. The number of benzene rings is 1. The lowest BCUT2D eigenvalue weighted by molar-refractivity contribution is -0.120. The van der Waals surface area contributed by atoms with Crippen LogP contribution >= 0.6 is 0 Å². The second-order valence-corrected chi connectivity index (χ2v) is 8.36. The van der Waals surface area contributed by atoms with Gasteiger partial charge in [-0.05, 0) is 89.1 Å². The van der Waals surface area contributed by atoms with Crippen molar-refractivity contribution in [1.82, 2.24) is 26.3 Å². The van der Waals surface area contributed by atoms with E-state index >= 15 is 0 Å². The number of nitrogens with one attached hydrogen (secondary N) is 5. The van der Waals surface area contributed by atoms with Crippen molar-refractivity contribution in [3.63, 3.8) is 0 Å². The van der Waals surface area contributed by atoms with E-state index in [4.69, 9.17) is 11.5 Å². The highest BCUT2D eigenvalue weighted by atomic mass is 16.3. The smallest absolute Gasteiger partial charge is 0.224 e. The highest BCUT2D eigenvalue weighted by Crippen LogP contribution is 2.27. The fourth-order valence-corrected chi connectivity index (χ4v) is 3.67. The molecule has 0 spiro atoms. The molecular weight excluding hydrogens is 432 g/mol. The summed E-state index contributed by atoms with van der Waals surface area (Å²) in [7, 11) is 0. The molecule has 2 rings (SSSR count). The van der Waals surface area contributed by atoms with Crippen LogP contribution in [0.25, 0.3) is 10.9 Å². The molecule has 1 aromatic carbocycles. The van der Waals surface area contributed by atoms with Crippen LogP contribution in [0.1, 0.15) is 37.7 Å². The third-order valence-electron chi connectivity index (χ3n) is 5.44. The second-order valence-electron chi connectivity index (χ2n) is 8.36. The first-order valence-corrected chi connectivity index (χ1v) is 12.3. The van der Waals surface area contributed by atoms with Crippen LogP contribution in [0, 0.1) is 0 Å². The molecule has 2 aromatic rings. The monoisotopic (exact) mass is 474 g/mol. The fraction of sp³-hybridized carbons (Fsp3) is 0.583. The van der Waals surface area contributed by atoms with Crippen molar-refractivity contribution in [2.24, 2.45) is 16.5 Å². The number of amides is 1. The molecule has 0 radical (unpaired) electrons. The number of hydrogen-bond acceptors (Lipinski definition) is 6. The van der Waals surface area contributed by atoms with E-state index in [0.717, 1.165) is 87.8 Å². The lowest BCUT2D eigenvalue weighted by Gasteiger charge is -2.08. The van der Waals surface area contributed by atoms with Crippen LogP contribution in [0.2, 0.25) is 0 Å². The number of H-pyrrole nitrogens is 1. The van der Waals surface area contributed by atoms with Crippen LogP contribution in [-0.2, 0) is 11.2 Å². The van der Waals surface area contributed by atoms with Gasteiger partial charge in [-0.1, -0.05) is 6.07 Å². The Morgan fingerprint density at radius 3 is 2.15 bits per heavy atom. The van der Waals surface area contributed by atoms with E-state index in [0.29, 0.717) is 13.1 Å². The van der Waals surface area contributed by atoms with Crippen LogP contribution < -0.4 is 32.7 Å². The summed E-state index contributed by atoms with van der Waals surface area (Å²) in [6, 6.07) is 5.30. The molecule has 190 valence electrons. The zero-order chi connectivity index (χ0) is 24.4. The first-order valence-electron chi connectivity index (χ1n) is 12.3. The molecular formula is C24H42N8O2. The average molecular weight is 475 g/mol. The highest BCUT2D eigenvalue weighted by molar-refractivity contribution is 5.92. The number of aliphatic imine (C=N–C) groups is 1. The summed E-state index contributed by atoms with van der Waals surface area (Å²) in [4.78, 5) is 19.3. The Morgan fingerprint density at radius 1 is 0.882 bits per heavy atom. The third-order valence-corrected chi connectivity index (χ3v) is 5.44. The van der Waals surface area contributed by atoms with Crippen molar-refractivity contribution in [3.8, 4) is 5.75 Å². The Labute approximate surface area is 202 Å². The third kappa shape index (κ3) is 11.4. The number of aromatic hydroxyl groups is 1. The van der Waals surface area contributed by atoms with Gasteiger partial charge in [0.25, 0.3) is 0 Å². The molecule has 0 bridgehead atoms. The van der Waals surface area contributed by atoms with Gasteiger partial charge in [-0.25, -0.2) is 0 Å². The van der Waals surface area contributed by atoms with Gasteiger partial charge in [-0.2, -0.15) is 0 Å². The summed E-state index contributed by atoms with van der Waals surface area (Å²) in [6.07, 6.45) is 7.19. The Kier molecular flexibility index (Phi) is 13.5. The van der Waals surface area contributed by atoms with Crippen LogP contribution in [0.4, 0.5) is 0 Å². The van der Waals surface area contributed by atoms with E-state index in [1.54, 1.807) is 18.3 Å². The molecule has 0 atom stereocenters. The quantitative estimate of drug-likeness (QED) is 0.0835. The number of phenolic OH excluding ortho intramolecular Hbond substituents is 1. The van der Waals surface area contributed by atoms with Crippen molar-refractivity contribution < 1.29 is 9.90 Å². The van der Waals surface area contributed by atoms with Gasteiger partial charge >= 0.3 is 0 Å². The largest absolute Gasteiger partial charge is 0.507 e. The maximum absolute atomic E-state index is 12.2. The van der Waals surface area contributed by atoms with Crippen molar-refractivity contribution in [2.45, 2.75) is 38.5 Å². The van der Waals surface area contributed by atoms with E-state index in [2.05, 4.69) is 31.2 Å². The Bertz CT molecular complexity index is 864. The molecule has 34 heavy (non-hydrogen) atoms. The van der Waals surface area contributed by atoms with Gasteiger partial charge < -0.3 is 42.8 Å². The van der Waals surface area contributed by atoms with Gasteiger partial charge in [0, 0.05) is 30.2 Å². The number of rotatable bonds is 19. The first kappa shape index (κ1) is 27.4. The predicted molar refractivity (Wildman–Crippen MR) is 139 cm³/mol. The van der Waals surface area contributed by atoms with Crippen molar-refractivity contribution >= 4 is 22.8 Å². The first-order chi connectivity index (χ1) is 16.6. The lowest BCUT2D eigenvalue weighted by Crippen LogP contribution is -2.29. The number of fused-ring (bicyclic) bond motifs is 1. The van der Waals surface area contributed by atoms with Gasteiger partial charge in [0.2, 0.25) is 5.91 Å². The van der Waals surface area contributed by atoms with Crippen LogP contribution in [0.5, 0.6) is 5.75 Å². The number of unbranched alkanes of at least 4 members (excludes halogenated alkanes) is 1. The minimum absolute atomic E-state index is 0.0335. The van der Waals surface area contributed by atoms with Crippen molar-refractivity contribution in [3.05, 3.63) is 30.0 Å². The number of guanidine groups is 1. The summed E-state index contributed by atoms with van der Waals surface area (Å²) in [5.41, 5.74) is 12.2. The van der Waals surface area contributed by atoms with Crippen LogP contribution in [0.3, 0.4) is 0 Å². The molecule has 1 aromatic heterocycles. The Morgan fingerprint density at radius 2 is 1.50 bits per heavy atom. The van der Waals surface area contributed by atoms with E-state index in [1.807, 2.05) is 6.07 Å². The number of phenols is 1. The van der Waals surface area contributed by atoms with Gasteiger partial charge in [-0.15, -0.1) is 0 Å². The Balaban J connectivity index is 1.35. The predicted octanol–water partition coefficient (Wildman–Crippen LogP) is 0.525. The Hall–Kier alpha value is -2.82. The van der Waals surface area contributed by atoms with E-state index in [-0.39, 0.29) is 24.0 Å². The molecule has 0 aliphatic rings. The second kappa shape index (κ2) is 16.7. The number of nitrogens with two attached hydrogens (primary N) is 2. The zero-order valence-electron chi connectivity index (χ0n) is 20.2. The molecule has 1 amide bonds. The number of nitrogens with zero attached hydrogens (tertiary/aromatic N) is 1. The average Bonchev–Trinajstić information content (AvgIpc) is 3.22. The summed E-state index contributed by atoms with van der Waals surface area (Å²) in [5.74, 6) is 0.331. The number of aromatic nitrogens is 1. The fourth-order valence-electron chi connectivity index (χ4n) is 3.67. The van der Waals surface area contributed by atoms with E-state index < -0.39 is 0 Å². The molecule has 0 saturated heterocycles. The van der Waals surface area contributed by atoms with Crippen molar-refractivity contribution in [1.29, 1.82) is 0 Å². The molecule has 10 nitrogen and oxygen atoms in total. The van der Waals surface area contributed by atoms with Crippen molar-refractivity contribution in [2.75, 3.05) is 52.4 Å². The zero-order valence-corrected chi connectivity index (χ0v) is 20.2. The molecule has 0 aliphatic heterocycles. The standard InChI is InChI=1S/C24H42N8O2/c25-24(26)31-15-2-1-9-27-10-4-11-28-12-5-13-29-14-6-16-30-22(34)17-19-18-32-20-7-3-8-21(33)23(19)20/h3,7-8,18,27-29,32-33H,1-2,4-6,9-17H2,(H,30,34)(H4,25,26,31). The molecule has 1 heterocycles. The topological polar surface area (TPSA) is 166 Å². The summed E-state index contributed by atoms with van der Waals surface area (Å²) >= 11 is 0. The molecule has 0 fully saturated rings. The molecule has 10 N–H and O–H groups in total. The van der Waals surface area contributed by atoms with E-state index in [9.17, 15) is 9.90 Å². The molecule has 0 aliphatic carbocycles. The van der Waals surface area contributed by atoms with Gasteiger partial charge in [0.15, 0.2) is 5.96 Å². The molecule has 0 unspecified atom stereocenters. The highest BCUT2D eigenvalue weighted by Gasteiger charge is 2.11. The van der Waals surface area contributed by atoms with E-state index in [1.165, 1.54) is 0 Å². The van der Waals surface area contributed by atoms with Gasteiger partial charge in [0.1, 0.15) is 5.75 Å². The van der Waals surface area contributed by atoms with Gasteiger partial charge in [0.05, 0.1) is 6.42 Å². The van der Waals surface area contributed by atoms with Crippen LogP contribution in [0.15, 0.2) is 29.4 Å². The molecule has 0 saturated carbocycles. The molecule has 10 heteroatoms. The van der Waals surface area contributed by atoms with Gasteiger partial charge in [-0.3, -0.25) is 9.79 Å². The summed E-state index contributed by atoms with van der Waals surface area (Å²) < 4.78 is 0. The number of carbonyl (C=O) groups is 1. The number of aromatic amines is 1. The SMILES string of the molecule is NC(N)=NCCCCNCCCNCCCNCCCNC(=O)Cc1c[nH]c2cccc(O)c12. The summed E-state index contributed by atoms with van der Waals surface area (Å²) in [5, 5.41) is 24.0. The minimum atomic E-state index is -0.0335.